The fourth-order valence-corrected chi connectivity index (χ4v) is 2.41. The minimum Gasteiger partial charge on any atom is -0.270 e. The summed E-state index contributed by atoms with van der Waals surface area (Å²) >= 11 is 0. The first-order chi connectivity index (χ1) is 10.2. The van der Waals surface area contributed by atoms with Gasteiger partial charge in [-0.05, 0) is 25.1 Å². The number of nitrogens with zero attached hydrogens (tertiary/aromatic N) is 5. The van der Waals surface area contributed by atoms with Crippen LogP contribution in [0.2, 0.25) is 0 Å². The van der Waals surface area contributed by atoms with Gasteiger partial charge < -0.3 is 0 Å². The molecule has 0 bridgehead atoms. The van der Waals surface area contributed by atoms with Crippen LogP contribution in [-0.4, -0.2) is 24.6 Å². The van der Waals surface area contributed by atoms with E-state index < -0.39 is 0 Å². The highest BCUT2D eigenvalue weighted by Crippen LogP contribution is 2.28. The normalized spacial score (nSPS) is 11.3. The molecule has 0 N–H and O–H groups in total. The Morgan fingerprint density at radius 2 is 2.05 bits per heavy atom. The number of pyridine rings is 1. The molecule has 4 rings (SSSR count). The molecule has 0 aliphatic heterocycles. The molecule has 102 valence electrons. The molecule has 0 saturated heterocycles. The highest BCUT2D eigenvalue weighted by molar-refractivity contribution is 5.93. The average Bonchev–Trinajstić information content (AvgIpc) is 2.87. The van der Waals surface area contributed by atoms with Crippen molar-refractivity contribution in [3.63, 3.8) is 0 Å². The number of benzene rings is 1. The summed E-state index contributed by atoms with van der Waals surface area (Å²) in [5.74, 6) is 0.948. The lowest BCUT2D eigenvalue weighted by molar-refractivity contribution is 0.630. The van der Waals surface area contributed by atoms with Crippen molar-refractivity contribution in [2.75, 3.05) is 0 Å². The van der Waals surface area contributed by atoms with E-state index in [4.69, 9.17) is 0 Å². The second-order valence-corrected chi connectivity index (χ2v) is 4.79. The van der Waals surface area contributed by atoms with Crippen LogP contribution >= 0.6 is 0 Å². The van der Waals surface area contributed by atoms with Crippen LogP contribution in [0.5, 0.6) is 0 Å². The monoisotopic (exact) mass is 279 g/mol. The topological polar surface area (TPSA) is 56.0 Å². The van der Waals surface area contributed by atoms with E-state index in [2.05, 4.69) is 20.2 Å². The Balaban J connectivity index is 2.05. The van der Waals surface area contributed by atoms with Crippen molar-refractivity contribution in [2.24, 2.45) is 0 Å². The van der Waals surface area contributed by atoms with Crippen LogP contribution in [0.3, 0.4) is 0 Å². The standard InChI is InChI=1S/C15H10FN5/c1-9-19-20-15-18-7-11(8-21(9)15)13-6-12(16)5-10-3-2-4-17-14(10)13/h2-8H,1H3. The largest absolute Gasteiger partial charge is 0.270 e. The highest BCUT2D eigenvalue weighted by Gasteiger charge is 2.10. The molecule has 0 unspecified atom stereocenters. The van der Waals surface area contributed by atoms with Crippen molar-refractivity contribution >= 4 is 16.7 Å². The number of rotatable bonds is 1. The third-order valence-corrected chi connectivity index (χ3v) is 3.42. The maximum Gasteiger partial charge on any atom is 0.254 e. The van der Waals surface area contributed by atoms with E-state index >= 15 is 0 Å². The predicted octanol–water partition coefficient (Wildman–Crippen LogP) is 2.79. The van der Waals surface area contributed by atoms with Crippen molar-refractivity contribution < 1.29 is 4.39 Å². The number of aromatic nitrogens is 5. The molecule has 1 aromatic carbocycles. The first kappa shape index (κ1) is 11.9. The predicted molar refractivity (Wildman–Crippen MR) is 76.2 cm³/mol. The Kier molecular flexibility index (Phi) is 2.44. The van der Waals surface area contributed by atoms with Gasteiger partial charge in [-0.3, -0.25) is 9.38 Å². The fourth-order valence-electron chi connectivity index (χ4n) is 2.41. The van der Waals surface area contributed by atoms with Gasteiger partial charge in [0, 0.05) is 35.1 Å². The van der Waals surface area contributed by atoms with Gasteiger partial charge in [-0.2, -0.15) is 0 Å². The smallest absolute Gasteiger partial charge is 0.254 e. The summed E-state index contributed by atoms with van der Waals surface area (Å²) in [5.41, 5.74) is 2.22. The molecule has 0 fully saturated rings. The van der Waals surface area contributed by atoms with Gasteiger partial charge in [-0.1, -0.05) is 6.07 Å². The van der Waals surface area contributed by atoms with E-state index in [0.29, 0.717) is 11.3 Å². The minimum absolute atomic E-state index is 0.300. The maximum absolute atomic E-state index is 13.8. The summed E-state index contributed by atoms with van der Waals surface area (Å²) < 4.78 is 15.6. The van der Waals surface area contributed by atoms with Crippen molar-refractivity contribution in [3.05, 3.63) is 54.5 Å². The molecule has 3 heterocycles. The van der Waals surface area contributed by atoms with E-state index in [1.165, 1.54) is 12.1 Å². The molecule has 0 atom stereocenters. The molecular weight excluding hydrogens is 269 g/mol. The molecule has 0 aliphatic rings. The van der Waals surface area contributed by atoms with Gasteiger partial charge in [0.25, 0.3) is 5.78 Å². The molecular formula is C15H10FN5. The number of halogens is 1. The molecule has 4 aromatic rings. The summed E-state index contributed by atoms with van der Waals surface area (Å²) in [4.78, 5) is 8.61. The van der Waals surface area contributed by atoms with Crippen LogP contribution in [0, 0.1) is 12.7 Å². The third-order valence-electron chi connectivity index (χ3n) is 3.42. The van der Waals surface area contributed by atoms with E-state index in [0.717, 1.165) is 22.3 Å². The lowest BCUT2D eigenvalue weighted by atomic mass is 10.0. The molecule has 0 amide bonds. The van der Waals surface area contributed by atoms with Crippen molar-refractivity contribution in [3.8, 4) is 11.1 Å². The average molecular weight is 279 g/mol. The summed E-state index contributed by atoms with van der Waals surface area (Å²) in [7, 11) is 0. The van der Waals surface area contributed by atoms with Gasteiger partial charge >= 0.3 is 0 Å². The van der Waals surface area contributed by atoms with Gasteiger partial charge in [0.1, 0.15) is 11.6 Å². The SMILES string of the molecule is Cc1nnc2ncc(-c3cc(F)cc4cccnc34)cn12. The van der Waals surface area contributed by atoms with Crippen LogP contribution in [-0.2, 0) is 0 Å². The Hall–Kier alpha value is -2.89. The second kappa shape index (κ2) is 4.31. The van der Waals surface area contributed by atoms with Gasteiger partial charge in [-0.15, -0.1) is 10.2 Å². The molecule has 21 heavy (non-hydrogen) atoms. The van der Waals surface area contributed by atoms with E-state index in [1.807, 2.05) is 19.2 Å². The Bertz CT molecular complexity index is 976. The van der Waals surface area contributed by atoms with E-state index in [9.17, 15) is 4.39 Å². The number of aryl methyl sites for hydroxylation is 1. The molecule has 6 heteroatoms. The van der Waals surface area contributed by atoms with Gasteiger partial charge in [-0.25, -0.2) is 9.37 Å². The zero-order chi connectivity index (χ0) is 14.4. The summed E-state index contributed by atoms with van der Waals surface area (Å²) in [6.45, 7) is 1.84. The van der Waals surface area contributed by atoms with Crippen LogP contribution in [0.4, 0.5) is 4.39 Å². The molecule has 0 radical (unpaired) electrons. The quantitative estimate of drug-likeness (QED) is 0.537. The lowest BCUT2D eigenvalue weighted by Crippen LogP contribution is -1.94. The zero-order valence-electron chi connectivity index (χ0n) is 11.2. The van der Waals surface area contributed by atoms with Crippen LogP contribution in [0.25, 0.3) is 27.8 Å². The fraction of sp³-hybridized carbons (Fsp3) is 0.0667. The summed E-state index contributed by atoms with van der Waals surface area (Å²) in [5, 5.41) is 8.67. The Morgan fingerprint density at radius 1 is 1.14 bits per heavy atom. The van der Waals surface area contributed by atoms with Gasteiger partial charge in [0.05, 0.1) is 5.52 Å². The van der Waals surface area contributed by atoms with Crippen LogP contribution in [0.15, 0.2) is 42.9 Å². The second-order valence-electron chi connectivity index (χ2n) is 4.79. The zero-order valence-corrected chi connectivity index (χ0v) is 11.2. The molecule has 3 aromatic heterocycles. The maximum atomic E-state index is 13.8. The summed E-state index contributed by atoms with van der Waals surface area (Å²) in [6.07, 6.45) is 5.20. The van der Waals surface area contributed by atoms with E-state index in [1.54, 1.807) is 22.9 Å². The number of fused-ring (bicyclic) bond motifs is 2. The van der Waals surface area contributed by atoms with Crippen LogP contribution in [0.1, 0.15) is 5.82 Å². The van der Waals surface area contributed by atoms with Crippen molar-refractivity contribution in [1.29, 1.82) is 0 Å². The van der Waals surface area contributed by atoms with Crippen molar-refractivity contribution in [1.82, 2.24) is 24.6 Å². The molecule has 0 spiro atoms. The van der Waals surface area contributed by atoms with Crippen LogP contribution < -0.4 is 0 Å². The summed E-state index contributed by atoms with van der Waals surface area (Å²) in [6, 6.07) is 6.57. The van der Waals surface area contributed by atoms with Gasteiger partial charge in [0.15, 0.2) is 0 Å². The third kappa shape index (κ3) is 1.84. The molecule has 0 saturated carbocycles. The number of hydrogen-bond acceptors (Lipinski definition) is 4. The Labute approximate surface area is 119 Å². The molecule has 5 nitrogen and oxygen atoms in total. The van der Waals surface area contributed by atoms with Crippen molar-refractivity contribution in [2.45, 2.75) is 6.92 Å². The first-order valence-corrected chi connectivity index (χ1v) is 6.44. The Morgan fingerprint density at radius 3 is 2.95 bits per heavy atom. The molecule has 0 aliphatic carbocycles. The number of hydrogen-bond donors (Lipinski definition) is 0. The van der Waals surface area contributed by atoms with Gasteiger partial charge in [0.2, 0.25) is 0 Å². The lowest BCUT2D eigenvalue weighted by Gasteiger charge is -2.07. The highest BCUT2D eigenvalue weighted by atomic mass is 19.1. The minimum atomic E-state index is -0.300. The van der Waals surface area contributed by atoms with E-state index in [-0.39, 0.29) is 5.82 Å². The first-order valence-electron chi connectivity index (χ1n) is 6.44.